The second kappa shape index (κ2) is 9.38. The van der Waals surface area contributed by atoms with Gasteiger partial charge in [0, 0.05) is 22.3 Å². The molecular weight excluding hydrogens is 396 g/mol. The average Bonchev–Trinajstić information content (AvgIpc) is 2.63. The van der Waals surface area contributed by atoms with Gasteiger partial charge in [0.25, 0.3) is 5.91 Å². The molecule has 0 aliphatic heterocycles. The molecule has 0 unspecified atom stereocenters. The second-order valence-corrected chi connectivity index (χ2v) is 6.74. The molecule has 2 rings (SSSR count). The van der Waals surface area contributed by atoms with Gasteiger partial charge in [0.15, 0.2) is 0 Å². The molecule has 2 amide bonds. The lowest BCUT2D eigenvalue weighted by molar-refractivity contribution is -0.115. The lowest BCUT2D eigenvalue weighted by atomic mass is 10.1. The zero-order chi connectivity index (χ0) is 19.1. The third-order valence-corrected chi connectivity index (χ3v) is 4.32. The summed E-state index contributed by atoms with van der Waals surface area (Å²) in [7, 11) is 0. The Balaban J connectivity index is 2.26. The Kier molecular flexibility index (Phi) is 7.21. The minimum atomic E-state index is -0.264. The molecule has 0 saturated carbocycles. The Morgan fingerprint density at radius 1 is 1.08 bits per heavy atom. The normalized spacial score (nSPS) is 10.3. The Morgan fingerprint density at radius 2 is 1.77 bits per heavy atom. The van der Waals surface area contributed by atoms with Crippen LogP contribution in [0.1, 0.15) is 42.6 Å². The number of anilines is 2. The number of nitrogens with one attached hydrogen (secondary N) is 2. The molecule has 0 spiro atoms. The monoisotopic (exact) mass is 418 g/mol. The van der Waals surface area contributed by atoms with Gasteiger partial charge in [-0.1, -0.05) is 35.8 Å². The van der Waals surface area contributed by atoms with Crippen LogP contribution in [0.2, 0.25) is 0 Å². The van der Waals surface area contributed by atoms with Crippen molar-refractivity contribution in [1.29, 1.82) is 0 Å². The van der Waals surface area contributed by atoms with Crippen LogP contribution in [0.25, 0.3) is 0 Å². The van der Waals surface area contributed by atoms with Crippen molar-refractivity contribution < 1.29 is 14.3 Å². The Morgan fingerprint density at radius 3 is 2.42 bits per heavy atom. The molecule has 26 heavy (non-hydrogen) atoms. The van der Waals surface area contributed by atoms with E-state index >= 15 is 0 Å². The lowest BCUT2D eigenvalue weighted by Crippen LogP contribution is -2.16. The van der Waals surface area contributed by atoms with Gasteiger partial charge in [-0.05, 0) is 49.2 Å². The maximum atomic E-state index is 12.8. The zero-order valence-electron chi connectivity index (χ0n) is 15.2. The third-order valence-electron chi connectivity index (χ3n) is 3.83. The molecule has 2 aromatic carbocycles. The van der Waals surface area contributed by atoms with Crippen molar-refractivity contribution in [3.63, 3.8) is 0 Å². The van der Waals surface area contributed by atoms with Gasteiger partial charge in [-0.25, -0.2) is 0 Å². The van der Waals surface area contributed by atoms with E-state index in [1.165, 1.54) is 0 Å². The van der Waals surface area contributed by atoms with Crippen molar-refractivity contribution in [2.75, 3.05) is 17.2 Å². The highest BCUT2D eigenvalue weighted by molar-refractivity contribution is 9.10. The molecule has 2 aromatic rings. The predicted octanol–water partition coefficient (Wildman–Crippen LogP) is 5.15. The predicted molar refractivity (Wildman–Crippen MR) is 108 cm³/mol. The van der Waals surface area contributed by atoms with E-state index in [0.717, 1.165) is 16.5 Å². The van der Waals surface area contributed by atoms with E-state index < -0.39 is 0 Å². The van der Waals surface area contributed by atoms with Crippen LogP contribution in [0, 0.1) is 6.92 Å². The topological polar surface area (TPSA) is 67.4 Å². The van der Waals surface area contributed by atoms with Crippen molar-refractivity contribution in [2.45, 2.75) is 33.6 Å². The minimum absolute atomic E-state index is 0.0705. The van der Waals surface area contributed by atoms with E-state index in [-0.39, 0.29) is 11.8 Å². The number of halogens is 1. The summed E-state index contributed by atoms with van der Waals surface area (Å²) in [6.45, 7) is 6.20. The smallest absolute Gasteiger partial charge is 0.259 e. The highest BCUT2D eigenvalue weighted by Gasteiger charge is 2.15. The summed E-state index contributed by atoms with van der Waals surface area (Å²) in [4.78, 5) is 24.4. The number of carbonyl (C=O) groups is 2. The molecule has 0 aliphatic carbocycles. The molecule has 5 nitrogen and oxygen atoms in total. The lowest BCUT2D eigenvalue weighted by Gasteiger charge is -2.15. The zero-order valence-corrected chi connectivity index (χ0v) is 16.8. The minimum Gasteiger partial charge on any atom is -0.493 e. The van der Waals surface area contributed by atoms with E-state index in [4.69, 9.17) is 4.74 Å². The number of hydrogen-bond donors (Lipinski definition) is 2. The van der Waals surface area contributed by atoms with Crippen molar-refractivity contribution in [2.24, 2.45) is 0 Å². The summed E-state index contributed by atoms with van der Waals surface area (Å²) >= 11 is 3.40. The van der Waals surface area contributed by atoms with Crippen LogP contribution in [-0.2, 0) is 4.79 Å². The van der Waals surface area contributed by atoms with E-state index in [1.54, 1.807) is 31.2 Å². The van der Waals surface area contributed by atoms with Crippen molar-refractivity contribution in [1.82, 2.24) is 0 Å². The number of rotatable bonds is 7. The van der Waals surface area contributed by atoms with Gasteiger partial charge in [-0.2, -0.15) is 0 Å². The van der Waals surface area contributed by atoms with Crippen molar-refractivity contribution >= 4 is 39.1 Å². The summed E-state index contributed by atoms with van der Waals surface area (Å²) in [6, 6.07) is 10.8. The van der Waals surface area contributed by atoms with Crippen LogP contribution < -0.4 is 15.4 Å². The molecule has 138 valence electrons. The first kappa shape index (κ1) is 20.0. The van der Waals surface area contributed by atoms with Gasteiger partial charge in [-0.3, -0.25) is 9.59 Å². The summed E-state index contributed by atoms with van der Waals surface area (Å²) < 4.78 is 6.48. The highest BCUT2D eigenvalue weighted by atomic mass is 79.9. The van der Waals surface area contributed by atoms with Crippen LogP contribution in [0.3, 0.4) is 0 Å². The molecule has 0 aromatic heterocycles. The molecule has 0 bridgehead atoms. The van der Waals surface area contributed by atoms with Crippen LogP contribution in [-0.4, -0.2) is 18.4 Å². The van der Waals surface area contributed by atoms with Gasteiger partial charge in [-0.15, -0.1) is 0 Å². The SMILES string of the molecule is CCCOc1ccc(Br)cc1C(=O)Nc1cccc(NC(=O)CC)c1C. The summed E-state index contributed by atoms with van der Waals surface area (Å²) in [5.41, 5.74) is 2.58. The van der Waals surface area contributed by atoms with Gasteiger partial charge < -0.3 is 15.4 Å². The first-order valence-electron chi connectivity index (χ1n) is 8.59. The first-order valence-corrected chi connectivity index (χ1v) is 9.38. The van der Waals surface area contributed by atoms with E-state index in [0.29, 0.717) is 35.7 Å². The average molecular weight is 419 g/mol. The number of ether oxygens (including phenoxy) is 1. The maximum Gasteiger partial charge on any atom is 0.259 e. The quantitative estimate of drug-likeness (QED) is 0.653. The second-order valence-electron chi connectivity index (χ2n) is 5.82. The maximum absolute atomic E-state index is 12.8. The third kappa shape index (κ3) is 5.08. The van der Waals surface area contributed by atoms with Crippen LogP contribution in [0.4, 0.5) is 11.4 Å². The summed E-state index contributed by atoms with van der Waals surface area (Å²) in [6.07, 6.45) is 1.25. The molecule has 0 heterocycles. The molecule has 0 radical (unpaired) electrons. The van der Waals surface area contributed by atoms with Crippen LogP contribution >= 0.6 is 15.9 Å². The molecular formula is C20H23BrN2O3. The van der Waals surface area contributed by atoms with Gasteiger partial charge in [0.2, 0.25) is 5.91 Å². The molecule has 2 N–H and O–H groups in total. The Hall–Kier alpha value is -2.34. The fourth-order valence-electron chi connectivity index (χ4n) is 2.35. The van der Waals surface area contributed by atoms with Gasteiger partial charge >= 0.3 is 0 Å². The van der Waals surface area contributed by atoms with Gasteiger partial charge in [0.05, 0.1) is 12.2 Å². The molecule has 0 fully saturated rings. The summed E-state index contributed by atoms with van der Waals surface area (Å²) in [5.74, 6) is 0.207. The largest absolute Gasteiger partial charge is 0.493 e. The Bertz CT molecular complexity index is 806. The number of hydrogen-bond acceptors (Lipinski definition) is 3. The summed E-state index contributed by atoms with van der Waals surface area (Å²) in [5, 5.41) is 5.75. The molecule has 0 saturated heterocycles. The number of amides is 2. The Labute approximate surface area is 162 Å². The first-order chi connectivity index (χ1) is 12.5. The fourth-order valence-corrected chi connectivity index (χ4v) is 2.71. The van der Waals surface area contributed by atoms with Crippen molar-refractivity contribution in [3.8, 4) is 5.75 Å². The van der Waals surface area contributed by atoms with E-state index in [9.17, 15) is 9.59 Å². The molecule has 0 atom stereocenters. The van der Waals surface area contributed by atoms with E-state index in [2.05, 4.69) is 26.6 Å². The van der Waals surface area contributed by atoms with Crippen LogP contribution in [0.5, 0.6) is 5.75 Å². The van der Waals surface area contributed by atoms with E-state index in [1.807, 2.05) is 26.0 Å². The number of carbonyl (C=O) groups excluding carboxylic acids is 2. The molecule has 6 heteroatoms. The molecule has 0 aliphatic rings. The van der Waals surface area contributed by atoms with Crippen LogP contribution in [0.15, 0.2) is 40.9 Å². The van der Waals surface area contributed by atoms with Gasteiger partial charge in [0.1, 0.15) is 5.75 Å². The standard InChI is InChI=1S/C20H23BrN2O3/c1-4-11-26-18-10-9-14(21)12-15(18)20(25)23-17-8-6-7-16(13(17)3)22-19(24)5-2/h6-10,12H,4-5,11H2,1-3H3,(H,22,24)(H,23,25). The van der Waals surface area contributed by atoms with Crippen molar-refractivity contribution in [3.05, 3.63) is 52.0 Å². The number of benzene rings is 2. The highest BCUT2D eigenvalue weighted by Crippen LogP contribution is 2.27. The fraction of sp³-hybridized carbons (Fsp3) is 0.300.